The van der Waals surface area contributed by atoms with E-state index in [1.54, 1.807) is 4.90 Å². The zero-order chi connectivity index (χ0) is 20.5. The van der Waals surface area contributed by atoms with Gasteiger partial charge >= 0.3 is 0 Å². The minimum atomic E-state index is -0.502. The molecule has 0 saturated carbocycles. The Bertz CT molecular complexity index is 854. The fraction of sp³-hybridized carbons (Fsp3) is 0.500. The van der Waals surface area contributed by atoms with Crippen LogP contribution in [0.25, 0.3) is 10.6 Å². The highest BCUT2D eigenvalue weighted by molar-refractivity contribution is 7.18. The molecule has 3 rings (SSSR count). The molecule has 2 aromatic rings. The van der Waals surface area contributed by atoms with E-state index in [9.17, 15) is 9.59 Å². The van der Waals surface area contributed by atoms with Gasteiger partial charge < -0.3 is 9.80 Å². The van der Waals surface area contributed by atoms with Crippen LogP contribution in [0.15, 0.2) is 24.3 Å². The van der Waals surface area contributed by atoms with Crippen LogP contribution in [0, 0.1) is 5.41 Å². The maximum Gasteiger partial charge on any atom is 0.249 e. The van der Waals surface area contributed by atoms with E-state index in [-0.39, 0.29) is 11.8 Å². The van der Waals surface area contributed by atoms with Crippen LogP contribution < -0.4 is 10.2 Å². The summed E-state index contributed by atoms with van der Waals surface area (Å²) in [6.45, 7) is 6.25. The van der Waals surface area contributed by atoms with E-state index in [1.165, 1.54) is 11.3 Å². The van der Waals surface area contributed by atoms with E-state index in [0.717, 1.165) is 22.7 Å². The monoisotopic (exact) mass is 401 g/mol. The minimum absolute atomic E-state index is 0.00378. The second-order valence-electron chi connectivity index (χ2n) is 8.25. The number of rotatable bonds is 4. The molecule has 150 valence electrons. The Labute approximate surface area is 169 Å². The van der Waals surface area contributed by atoms with Crippen LogP contribution in [-0.2, 0) is 9.59 Å². The molecule has 8 heteroatoms. The number of likely N-dealkylation sites (tertiary alicyclic amines) is 1. The van der Waals surface area contributed by atoms with Crippen LogP contribution in [0.4, 0.5) is 10.8 Å². The van der Waals surface area contributed by atoms with Gasteiger partial charge in [-0.25, -0.2) is 0 Å². The summed E-state index contributed by atoms with van der Waals surface area (Å²) in [5.74, 6) is -0.190. The molecule has 0 spiro atoms. The van der Waals surface area contributed by atoms with Gasteiger partial charge in [-0.1, -0.05) is 32.1 Å². The molecule has 1 atom stereocenters. The van der Waals surface area contributed by atoms with Crippen LogP contribution in [0.2, 0.25) is 0 Å². The van der Waals surface area contributed by atoms with Crippen molar-refractivity contribution in [3.8, 4) is 10.6 Å². The SMILES string of the molecule is CN(C)c1ccc(-c2nnc(NC(=O)[C@H]3CCCN3C(=O)C(C)(C)C)s2)cc1. The van der Waals surface area contributed by atoms with Crippen molar-refractivity contribution in [1.82, 2.24) is 15.1 Å². The van der Waals surface area contributed by atoms with Crippen molar-refractivity contribution in [2.75, 3.05) is 30.9 Å². The number of hydrogen-bond donors (Lipinski definition) is 1. The van der Waals surface area contributed by atoms with E-state index >= 15 is 0 Å². The Morgan fingerprint density at radius 2 is 1.86 bits per heavy atom. The van der Waals surface area contributed by atoms with Crippen molar-refractivity contribution in [2.45, 2.75) is 39.7 Å². The van der Waals surface area contributed by atoms with Crippen molar-refractivity contribution < 1.29 is 9.59 Å². The number of benzene rings is 1. The quantitative estimate of drug-likeness (QED) is 0.851. The highest BCUT2D eigenvalue weighted by atomic mass is 32.1. The molecule has 1 aliphatic heterocycles. The van der Waals surface area contributed by atoms with Gasteiger partial charge in [-0.2, -0.15) is 0 Å². The average Bonchev–Trinajstić information content (AvgIpc) is 3.29. The van der Waals surface area contributed by atoms with Crippen LogP contribution >= 0.6 is 11.3 Å². The van der Waals surface area contributed by atoms with E-state index in [1.807, 2.05) is 64.0 Å². The van der Waals surface area contributed by atoms with Gasteiger partial charge in [-0.15, -0.1) is 10.2 Å². The van der Waals surface area contributed by atoms with Crippen molar-refractivity contribution in [2.24, 2.45) is 5.41 Å². The standard InChI is InChI=1S/C20H27N5O2S/c1-20(2,3)18(27)25-12-6-7-15(25)16(26)21-19-23-22-17(28-19)13-8-10-14(11-9-13)24(4)5/h8-11,15H,6-7,12H2,1-5H3,(H,21,23,26)/t15-/m1/s1. The number of nitrogens with one attached hydrogen (secondary N) is 1. The van der Waals surface area contributed by atoms with Crippen molar-refractivity contribution >= 4 is 34.0 Å². The molecule has 2 heterocycles. The molecule has 0 aliphatic carbocycles. The summed E-state index contributed by atoms with van der Waals surface area (Å²) in [5, 5.41) is 12.3. The molecular weight excluding hydrogens is 374 g/mol. The number of anilines is 2. The summed E-state index contributed by atoms with van der Waals surface area (Å²) in [5.41, 5.74) is 1.55. The molecule has 1 aliphatic rings. The first-order chi connectivity index (χ1) is 13.2. The third-order valence-corrected chi connectivity index (χ3v) is 5.63. The molecule has 1 N–H and O–H groups in total. The van der Waals surface area contributed by atoms with Crippen LogP contribution in [0.3, 0.4) is 0 Å². The normalized spacial score (nSPS) is 16.9. The molecule has 0 radical (unpaired) electrons. The third kappa shape index (κ3) is 4.32. The predicted octanol–water partition coefficient (Wildman–Crippen LogP) is 3.25. The largest absolute Gasteiger partial charge is 0.378 e. The summed E-state index contributed by atoms with van der Waals surface area (Å²) in [7, 11) is 3.98. The molecule has 1 aromatic heterocycles. The van der Waals surface area contributed by atoms with E-state index in [4.69, 9.17) is 0 Å². The Balaban J connectivity index is 1.69. The molecule has 0 unspecified atom stereocenters. The van der Waals surface area contributed by atoms with Crippen molar-refractivity contribution in [3.05, 3.63) is 24.3 Å². The molecule has 7 nitrogen and oxygen atoms in total. The van der Waals surface area contributed by atoms with Gasteiger partial charge in [-0.3, -0.25) is 14.9 Å². The molecule has 2 amide bonds. The Kier molecular flexibility index (Phi) is 5.69. The van der Waals surface area contributed by atoms with Crippen LogP contribution in [0.5, 0.6) is 0 Å². The lowest BCUT2D eigenvalue weighted by molar-refractivity contribution is -0.143. The van der Waals surface area contributed by atoms with E-state index in [0.29, 0.717) is 18.1 Å². The predicted molar refractivity (Wildman–Crippen MR) is 112 cm³/mol. The summed E-state index contributed by atoms with van der Waals surface area (Å²) in [6, 6.07) is 7.57. The fourth-order valence-corrected chi connectivity index (χ4v) is 3.95. The second kappa shape index (κ2) is 7.87. The van der Waals surface area contributed by atoms with Gasteiger partial charge in [0, 0.05) is 37.3 Å². The maximum atomic E-state index is 12.8. The number of amides is 2. The van der Waals surface area contributed by atoms with Gasteiger partial charge in [0.25, 0.3) is 0 Å². The zero-order valence-corrected chi connectivity index (χ0v) is 17.8. The summed E-state index contributed by atoms with van der Waals surface area (Å²) >= 11 is 1.33. The second-order valence-corrected chi connectivity index (χ2v) is 9.23. The molecular formula is C20H27N5O2S. The van der Waals surface area contributed by atoms with Gasteiger partial charge in [0.05, 0.1) is 0 Å². The number of carbonyl (C=O) groups is 2. The van der Waals surface area contributed by atoms with Crippen LogP contribution in [0.1, 0.15) is 33.6 Å². The van der Waals surface area contributed by atoms with Gasteiger partial charge in [0.1, 0.15) is 11.0 Å². The van der Waals surface area contributed by atoms with Gasteiger partial charge in [0.15, 0.2) is 0 Å². The number of carbonyl (C=O) groups excluding carboxylic acids is 2. The Morgan fingerprint density at radius 3 is 2.46 bits per heavy atom. The molecule has 0 bridgehead atoms. The number of aromatic nitrogens is 2. The van der Waals surface area contributed by atoms with Gasteiger partial charge in [-0.05, 0) is 37.1 Å². The van der Waals surface area contributed by atoms with Crippen molar-refractivity contribution in [3.63, 3.8) is 0 Å². The number of hydrogen-bond acceptors (Lipinski definition) is 6. The summed E-state index contributed by atoms with van der Waals surface area (Å²) in [4.78, 5) is 29.1. The maximum absolute atomic E-state index is 12.8. The van der Waals surface area contributed by atoms with E-state index in [2.05, 4.69) is 15.5 Å². The summed E-state index contributed by atoms with van der Waals surface area (Å²) in [6.07, 6.45) is 1.50. The Hall–Kier alpha value is -2.48. The third-order valence-electron chi connectivity index (χ3n) is 4.74. The lowest BCUT2D eigenvalue weighted by Crippen LogP contribution is -2.47. The molecule has 1 fully saturated rings. The summed E-state index contributed by atoms with van der Waals surface area (Å²) < 4.78 is 0. The molecule has 28 heavy (non-hydrogen) atoms. The molecule has 1 saturated heterocycles. The first-order valence-electron chi connectivity index (χ1n) is 9.40. The smallest absolute Gasteiger partial charge is 0.249 e. The van der Waals surface area contributed by atoms with Gasteiger partial charge in [0.2, 0.25) is 16.9 Å². The highest BCUT2D eigenvalue weighted by Gasteiger charge is 2.38. The Morgan fingerprint density at radius 1 is 1.18 bits per heavy atom. The average molecular weight is 402 g/mol. The molecule has 1 aromatic carbocycles. The fourth-order valence-electron chi connectivity index (χ4n) is 3.19. The zero-order valence-electron chi connectivity index (χ0n) is 17.0. The lowest BCUT2D eigenvalue weighted by atomic mass is 9.94. The van der Waals surface area contributed by atoms with Crippen LogP contribution in [-0.4, -0.2) is 53.6 Å². The lowest BCUT2D eigenvalue weighted by Gasteiger charge is -2.29. The first-order valence-corrected chi connectivity index (χ1v) is 10.2. The first kappa shape index (κ1) is 20.3. The minimum Gasteiger partial charge on any atom is -0.378 e. The van der Waals surface area contributed by atoms with E-state index < -0.39 is 11.5 Å². The topological polar surface area (TPSA) is 78.4 Å². The highest BCUT2D eigenvalue weighted by Crippen LogP contribution is 2.29. The van der Waals surface area contributed by atoms with Crippen molar-refractivity contribution in [1.29, 1.82) is 0 Å². The number of nitrogens with zero attached hydrogens (tertiary/aromatic N) is 4.